The van der Waals surface area contributed by atoms with E-state index in [4.69, 9.17) is 13.9 Å². The number of fused-ring (bicyclic) bond motifs is 1. The molecule has 0 atom stereocenters. The molecule has 0 N–H and O–H groups in total. The minimum absolute atomic E-state index is 0.0421. The molecule has 0 spiro atoms. The van der Waals surface area contributed by atoms with Crippen LogP contribution in [0.2, 0.25) is 0 Å². The highest BCUT2D eigenvalue weighted by Gasteiger charge is 2.12. The van der Waals surface area contributed by atoms with Crippen molar-refractivity contribution < 1.29 is 18.8 Å². The van der Waals surface area contributed by atoms with E-state index in [1.165, 1.54) is 31.4 Å². The van der Waals surface area contributed by atoms with Crippen LogP contribution in [0.25, 0.3) is 11.0 Å². The van der Waals surface area contributed by atoms with Crippen LogP contribution in [0.1, 0.15) is 11.1 Å². The van der Waals surface area contributed by atoms with E-state index < -0.39 is 10.5 Å². The molecule has 3 rings (SSSR count). The largest absolute Gasteiger partial charge is 0.496 e. The third kappa shape index (κ3) is 3.45. The van der Waals surface area contributed by atoms with Crippen LogP contribution in [0.15, 0.2) is 51.7 Å². The normalized spacial score (nSPS) is 10.6. The number of methoxy groups -OCH3 is 1. The van der Waals surface area contributed by atoms with Crippen molar-refractivity contribution in [2.45, 2.75) is 13.5 Å². The molecule has 0 bridgehead atoms. The summed E-state index contributed by atoms with van der Waals surface area (Å²) < 4.78 is 16.1. The van der Waals surface area contributed by atoms with Crippen LogP contribution in [0, 0.1) is 17.0 Å². The zero-order valence-corrected chi connectivity index (χ0v) is 13.6. The third-order valence-corrected chi connectivity index (χ3v) is 3.79. The van der Waals surface area contributed by atoms with Crippen molar-refractivity contribution >= 4 is 16.7 Å². The van der Waals surface area contributed by atoms with E-state index in [1.807, 2.05) is 6.92 Å². The maximum atomic E-state index is 11.5. The van der Waals surface area contributed by atoms with Crippen molar-refractivity contribution in [2.24, 2.45) is 0 Å². The molecule has 128 valence electrons. The fourth-order valence-electron chi connectivity index (χ4n) is 2.55. The van der Waals surface area contributed by atoms with Gasteiger partial charge in [0.05, 0.1) is 12.0 Å². The number of nitrogens with zero attached hydrogens (tertiary/aromatic N) is 1. The molecule has 0 saturated heterocycles. The van der Waals surface area contributed by atoms with Crippen molar-refractivity contribution in [1.29, 1.82) is 0 Å². The van der Waals surface area contributed by atoms with Gasteiger partial charge in [0.25, 0.3) is 5.69 Å². The summed E-state index contributed by atoms with van der Waals surface area (Å²) in [5, 5.41) is 11.7. The molecule has 1 heterocycles. The van der Waals surface area contributed by atoms with Gasteiger partial charge in [-0.1, -0.05) is 0 Å². The fraction of sp³-hybridized carbons (Fsp3) is 0.167. The van der Waals surface area contributed by atoms with Gasteiger partial charge in [-0.05, 0) is 30.7 Å². The molecule has 0 aliphatic heterocycles. The molecule has 25 heavy (non-hydrogen) atoms. The maximum Gasteiger partial charge on any atom is 0.336 e. The van der Waals surface area contributed by atoms with Crippen LogP contribution < -0.4 is 15.1 Å². The van der Waals surface area contributed by atoms with E-state index in [9.17, 15) is 14.9 Å². The first-order chi connectivity index (χ1) is 12.0. The van der Waals surface area contributed by atoms with Crippen LogP contribution in [-0.4, -0.2) is 12.0 Å². The number of hydrogen-bond donors (Lipinski definition) is 0. The van der Waals surface area contributed by atoms with Crippen molar-refractivity contribution in [3.63, 3.8) is 0 Å². The third-order valence-electron chi connectivity index (χ3n) is 3.79. The second kappa shape index (κ2) is 6.64. The Labute approximate surface area is 142 Å². The van der Waals surface area contributed by atoms with E-state index in [-0.39, 0.29) is 12.3 Å². The van der Waals surface area contributed by atoms with Gasteiger partial charge in [-0.3, -0.25) is 10.1 Å². The van der Waals surface area contributed by atoms with Crippen LogP contribution >= 0.6 is 0 Å². The summed E-state index contributed by atoms with van der Waals surface area (Å²) in [6, 6.07) is 10.9. The molecule has 0 aliphatic rings. The summed E-state index contributed by atoms with van der Waals surface area (Å²) in [4.78, 5) is 21.9. The smallest absolute Gasteiger partial charge is 0.336 e. The predicted molar refractivity (Wildman–Crippen MR) is 91.2 cm³/mol. The van der Waals surface area contributed by atoms with E-state index in [1.54, 1.807) is 18.2 Å². The quantitative estimate of drug-likeness (QED) is 0.400. The Hall–Kier alpha value is -3.35. The van der Waals surface area contributed by atoms with E-state index in [2.05, 4.69) is 0 Å². The summed E-state index contributed by atoms with van der Waals surface area (Å²) in [5.41, 5.74) is 1.32. The standard InChI is InChI=1S/C18H15NO6/c1-11-7-18(20)25-17-9-14(4-5-15(11)17)24-10-12-8-13(19(21)22)3-6-16(12)23-2/h3-9H,10H2,1-2H3. The lowest BCUT2D eigenvalue weighted by Gasteiger charge is -2.11. The number of benzene rings is 2. The van der Waals surface area contributed by atoms with Gasteiger partial charge >= 0.3 is 5.63 Å². The van der Waals surface area contributed by atoms with Gasteiger partial charge in [-0.2, -0.15) is 0 Å². The van der Waals surface area contributed by atoms with Gasteiger partial charge in [0.15, 0.2) is 0 Å². The van der Waals surface area contributed by atoms with Crippen molar-refractivity contribution in [2.75, 3.05) is 7.11 Å². The second-order valence-corrected chi connectivity index (χ2v) is 5.45. The molecule has 0 amide bonds. The minimum Gasteiger partial charge on any atom is -0.496 e. The first-order valence-corrected chi connectivity index (χ1v) is 7.46. The summed E-state index contributed by atoms with van der Waals surface area (Å²) in [6.07, 6.45) is 0. The lowest BCUT2D eigenvalue weighted by Crippen LogP contribution is -2.01. The maximum absolute atomic E-state index is 11.5. The Morgan fingerprint density at radius 3 is 2.68 bits per heavy atom. The Morgan fingerprint density at radius 2 is 1.96 bits per heavy atom. The van der Waals surface area contributed by atoms with Crippen molar-refractivity contribution in [1.82, 2.24) is 0 Å². The van der Waals surface area contributed by atoms with Crippen molar-refractivity contribution in [3.05, 3.63) is 74.1 Å². The Kier molecular flexibility index (Phi) is 4.38. The first-order valence-electron chi connectivity index (χ1n) is 7.46. The van der Waals surface area contributed by atoms with Gasteiger partial charge < -0.3 is 13.9 Å². The molecule has 7 heteroatoms. The number of non-ortho nitro benzene ring substituents is 1. The summed E-state index contributed by atoms with van der Waals surface area (Å²) in [7, 11) is 1.48. The first kappa shape index (κ1) is 16.5. The molecule has 0 radical (unpaired) electrons. The Balaban J connectivity index is 1.88. The van der Waals surface area contributed by atoms with Gasteiger partial charge in [-0.25, -0.2) is 4.79 Å². The highest BCUT2D eigenvalue weighted by molar-refractivity contribution is 5.81. The number of nitro benzene ring substituents is 1. The highest BCUT2D eigenvalue weighted by atomic mass is 16.6. The van der Waals surface area contributed by atoms with Crippen molar-refractivity contribution in [3.8, 4) is 11.5 Å². The molecule has 0 unspecified atom stereocenters. The number of rotatable bonds is 5. The SMILES string of the molecule is COc1ccc([N+](=O)[O-])cc1COc1ccc2c(C)cc(=O)oc2c1. The molecule has 3 aromatic rings. The number of nitro groups is 1. The van der Waals surface area contributed by atoms with E-state index >= 15 is 0 Å². The molecule has 0 saturated carbocycles. The zero-order valence-electron chi connectivity index (χ0n) is 13.6. The average Bonchev–Trinajstić information content (AvgIpc) is 2.59. The molecular weight excluding hydrogens is 326 g/mol. The molecule has 0 aliphatic carbocycles. The van der Waals surface area contributed by atoms with Crippen LogP contribution in [0.3, 0.4) is 0 Å². The Bertz CT molecular complexity index is 1010. The van der Waals surface area contributed by atoms with Gasteiger partial charge in [0.2, 0.25) is 0 Å². The second-order valence-electron chi connectivity index (χ2n) is 5.45. The molecular formula is C18H15NO6. The van der Waals surface area contributed by atoms with Gasteiger partial charge in [-0.15, -0.1) is 0 Å². The van der Waals surface area contributed by atoms with Crippen LogP contribution in [0.5, 0.6) is 11.5 Å². The predicted octanol–water partition coefficient (Wildman–Crippen LogP) is 3.60. The van der Waals surface area contributed by atoms with E-state index in [0.717, 1.165) is 10.9 Å². The zero-order chi connectivity index (χ0) is 18.0. The molecule has 2 aromatic carbocycles. The van der Waals surface area contributed by atoms with Gasteiger partial charge in [0.1, 0.15) is 23.7 Å². The topological polar surface area (TPSA) is 91.8 Å². The fourth-order valence-corrected chi connectivity index (χ4v) is 2.55. The number of ether oxygens (including phenoxy) is 2. The van der Waals surface area contributed by atoms with Crippen LogP contribution in [0.4, 0.5) is 5.69 Å². The number of aryl methyl sites for hydroxylation is 1. The summed E-state index contributed by atoms with van der Waals surface area (Å²) in [5.74, 6) is 0.976. The monoisotopic (exact) mass is 341 g/mol. The minimum atomic E-state index is -0.476. The molecule has 1 aromatic heterocycles. The van der Waals surface area contributed by atoms with E-state index in [0.29, 0.717) is 22.6 Å². The molecule has 0 fully saturated rings. The lowest BCUT2D eigenvalue weighted by atomic mass is 10.1. The average molecular weight is 341 g/mol. The Morgan fingerprint density at radius 1 is 1.16 bits per heavy atom. The van der Waals surface area contributed by atoms with Crippen LogP contribution in [-0.2, 0) is 6.61 Å². The van der Waals surface area contributed by atoms with Gasteiger partial charge in [0, 0.05) is 35.2 Å². The lowest BCUT2D eigenvalue weighted by molar-refractivity contribution is -0.385. The highest BCUT2D eigenvalue weighted by Crippen LogP contribution is 2.27. The number of hydrogen-bond acceptors (Lipinski definition) is 6. The molecule has 7 nitrogen and oxygen atoms in total. The summed E-state index contributed by atoms with van der Waals surface area (Å²) in [6.45, 7) is 1.90. The summed E-state index contributed by atoms with van der Waals surface area (Å²) >= 11 is 0.